The second-order valence-electron chi connectivity index (χ2n) is 3.74. The van der Waals surface area contributed by atoms with Crippen molar-refractivity contribution in [3.8, 4) is 11.1 Å². The number of nitrogens with two attached hydrogens (primary N) is 1. The van der Waals surface area contributed by atoms with Crippen molar-refractivity contribution in [2.75, 3.05) is 6.54 Å². The van der Waals surface area contributed by atoms with Crippen LogP contribution in [0, 0.1) is 5.82 Å². The lowest BCUT2D eigenvalue weighted by Crippen LogP contribution is -2.22. The molecule has 2 aromatic rings. The molecule has 0 atom stereocenters. The second kappa shape index (κ2) is 4.93. The highest BCUT2D eigenvalue weighted by Crippen LogP contribution is 2.17. The van der Waals surface area contributed by atoms with E-state index in [1.807, 2.05) is 0 Å². The third kappa shape index (κ3) is 2.60. The Morgan fingerprint density at radius 1 is 1.06 bits per heavy atom. The first-order chi connectivity index (χ1) is 8.20. The van der Waals surface area contributed by atoms with Crippen LogP contribution in [-0.4, -0.2) is 11.1 Å². The van der Waals surface area contributed by atoms with Crippen LogP contribution < -0.4 is 11.3 Å². The normalized spacial score (nSPS) is 10.5. The van der Waals surface area contributed by atoms with E-state index in [0.29, 0.717) is 13.1 Å². The molecule has 0 saturated heterocycles. The lowest BCUT2D eigenvalue weighted by atomic mass is 10.1. The Hall–Kier alpha value is -1.94. The molecule has 0 unspecified atom stereocenters. The Bertz CT molecular complexity index is 560. The van der Waals surface area contributed by atoms with Crippen molar-refractivity contribution in [3.63, 3.8) is 0 Å². The van der Waals surface area contributed by atoms with Gasteiger partial charge < -0.3 is 10.3 Å². The molecule has 3 nitrogen and oxygen atoms in total. The van der Waals surface area contributed by atoms with E-state index in [1.165, 1.54) is 18.2 Å². The summed E-state index contributed by atoms with van der Waals surface area (Å²) in [5, 5.41) is 0. The molecule has 1 aromatic carbocycles. The minimum atomic E-state index is -0.274. The number of rotatable bonds is 3. The summed E-state index contributed by atoms with van der Waals surface area (Å²) in [5.74, 6) is -0.274. The summed E-state index contributed by atoms with van der Waals surface area (Å²) in [5.41, 5.74) is 7.09. The molecule has 0 aliphatic rings. The molecule has 2 N–H and O–H groups in total. The van der Waals surface area contributed by atoms with Gasteiger partial charge in [0.2, 0.25) is 0 Å². The molecule has 0 bridgehead atoms. The maximum absolute atomic E-state index is 12.8. The highest BCUT2D eigenvalue weighted by molar-refractivity contribution is 5.62. The fourth-order valence-electron chi connectivity index (χ4n) is 1.66. The van der Waals surface area contributed by atoms with Gasteiger partial charge in [0, 0.05) is 25.4 Å². The zero-order valence-electron chi connectivity index (χ0n) is 9.27. The summed E-state index contributed by atoms with van der Waals surface area (Å²) >= 11 is 0. The van der Waals surface area contributed by atoms with Gasteiger partial charge in [0.1, 0.15) is 5.82 Å². The molecule has 0 radical (unpaired) electrons. The van der Waals surface area contributed by atoms with Gasteiger partial charge in [-0.2, -0.15) is 0 Å². The van der Waals surface area contributed by atoms with Crippen molar-refractivity contribution in [1.29, 1.82) is 0 Å². The van der Waals surface area contributed by atoms with Crippen LogP contribution in [-0.2, 0) is 6.54 Å². The molecule has 0 amide bonds. The van der Waals surface area contributed by atoms with Crippen molar-refractivity contribution in [2.45, 2.75) is 6.54 Å². The molecule has 1 heterocycles. The largest absolute Gasteiger partial charge is 0.329 e. The standard InChI is InChI=1S/C13H13FN2O/c14-12-4-1-10(2-5-12)11-3-6-13(17)16(9-11)8-7-15/h1-6,9H,7-8,15H2. The molecular formula is C13H13FN2O. The van der Waals surface area contributed by atoms with E-state index in [-0.39, 0.29) is 11.4 Å². The van der Waals surface area contributed by atoms with E-state index in [1.54, 1.807) is 29.0 Å². The van der Waals surface area contributed by atoms with Crippen molar-refractivity contribution < 1.29 is 4.39 Å². The Morgan fingerprint density at radius 2 is 1.71 bits per heavy atom. The van der Waals surface area contributed by atoms with E-state index >= 15 is 0 Å². The zero-order chi connectivity index (χ0) is 12.3. The van der Waals surface area contributed by atoms with Gasteiger partial charge in [0.05, 0.1) is 0 Å². The molecule has 0 spiro atoms. The fourth-order valence-corrected chi connectivity index (χ4v) is 1.66. The first kappa shape index (κ1) is 11.5. The Morgan fingerprint density at radius 3 is 2.35 bits per heavy atom. The average molecular weight is 232 g/mol. The van der Waals surface area contributed by atoms with Crippen LogP contribution in [0.5, 0.6) is 0 Å². The van der Waals surface area contributed by atoms with Crippen molar-refractivity contribution in [2.24, 2.45) is 5.73 Å². The topological polar surface area (TPSA) is 48.0 Å². The average Bonchev–Trinajstić information content (AvgIpc) is 2.33. The van der Waals surface area contributed by atoms with Gasteiger partial charge in [-0.05, 0) is 29.3 Å². The molecule has 4 heteroatoms. The second-order valence-corrected chi connectivity index (χ2v) is 3.74. The van der Waals surface area contributed by atoms with Gasteiger partial charge in [-0.15, -0.1) is 0 Å². The van der Waals surface area contributed by atoms with Crippen LogP contribution in [0.15, 0.2) is 47.4 Å². The maximum Gasteiger partial charge on any atom is 0.250 e. The number of hydrogen-bond acceptors (Lipinski definition) is 2. The lowest BCUT2D eigenvalue weighted by Gasteiger charge is -2.07. The predicted molar refractivity (Wildman–Crippen MR) is 65.2 cm³/mol. The van der Waals surface area contributed by atoms with Crippen LogP contribution in [0.4, 0.5) is 4.39 Å². The van der Waals surface area contributed by atoms with E-state index in [4.69, 9.17) is 5.73 Å². The number of hydrogen-bond donors (Lipinski definition) is 1. The Kier molecular flexibility index (Phi) is 3.35. The van der Waals surface area contributed by atoms with Crippen LogP contribution in [0.25, 0.3) is 11.1 Å². The van der Waals surface area contributed by atoms with Crippen molar-refractivity contribution >= 4 is 0 Å². The minimum absolute atomic E-state index is 0.0821. The van der Waals surface area contributed by atoms with Crippen LogP contribution >= 0.6 is 0 Å². The third-order valence-electron chi connectivity index (χ3n) is 2.53. The van der Waals surface area contributed by atoms with Crippen LogP contribution in [0.1, 0.15) is 0 Å². The number of nitrogens with zero attached hydrogens (tertiary/aromatic N) is 1. The zero-order valence-corrected chi connectivity index (χ0v) is 9.27. The summed E-state index contributed by atoms with van der Waals surface area (Å²) in [7, 11) is 0. The SMILES string of the molecule is NCCn1cc(-c2ccc(F)cc2)ccc1=O. The van der Waals surface area contributed by atoms with Gasteiger partial charge in [0.25, 0.3) is 5.56 Å². The Labute approximate surface area is 98.3 Å². The van der Waals surface area contributed by atoms with Gasteiger partial charge in [-0.25, -0.2) is 4.39 Å². The molecule has 88 valence electrons. The summed E-state index contributed by atoms with van der Waals surface area (Å²) < 4.78 is 14.3. The molecule has 0 saturated carbocycles. The van der Waals surface area contributed by atoms with E-state index in [9.17, 15) is 9.18 Å². The van der Waals surface area contributed by atoms with E-state index in [0.717, 1.165) is 11.1 Å². The van der Waals surface area contributed by atoms with E-state index in [2.05, 4.69) is 0 Å². The number of aromatic nitrogens is 1. The van der Waals surface area contributed by atoms with Crippen LogP contribution in [0.3, 0.4) is 0 Å². The Balaban J connectivity index is 2.42. The van der Waals surface area contributed by atoms with Gasteiger partial charge in [0.15, 0.2) is 0 Å². The van der Waals surface area contributed by atoms with Gasteiger partial charge >= 0.3 is 0 Å². The number of pyridine rings is 1. The molecule has 1 aromatic heterocycles. The fraction of sp³-hybridized carbons (Fsp3) is 0.154. The van der Waals surface area contributed by atoms with Crippen molar-refractivity contribution in [1.82, 2.24) is 4.57 Å². The molecular weight excluding hydrogens is 219 g/mol. The first-order valence-corrected chi connectivity index (χ1v) is 5.37. The maximum atomic E-state index is 12.8. The van der Waals surface area contributed by atoms with Crippen molar-refractivity contribution in [3.05, 3.63) is 58.8 Å². The highest BCUT2D eigenvalue weighted by Gasteiger charge is 2.01. The van der Waals surface area contributed by atoms with Gasteiger partial charge in [-0.1, -0.05) is 12.1 Å². The number of halogens is 1. The molecule has 17 heavy (non-hydrogen) atoms. The summed E-state index contributed by atoms with van der Waals surface area (Å²) in [6, 6.07) is 9.38. The van der Waals surface area contributed by atoms with Gasteiger partial charge in [-0.3, -0.25) is 4.79 Å². The smallest absolute Gasteiger partial charge is 0.250 e. The first-order valence-electron chi connectivity index (χ1n) is 5.37. The van der Waals surface area contributed by atoms with E-state index < -0.39 is 0 Å². The minimum Gasteiger partial charge on any atom is -0.329 e. The predicted octanol–water partition coefficient (Wildman–Crippen LogP) is 1.61. The summed E-state index contributed by atoms with van der Waals surface area (Å²) in [6.07, 6.45) is 1.74. The lowest BCUT2D eigenvalue weighted by molar-refractivity contribution is 0.628. The highest BCUT2D eigenvalue weighted by atomic mass is 19.1. The summed E-state index contributed by atoms with van der Waals surface area (Å²) in [6.45, 7) is 0.890. The molecule has 0 aliphatic heterocycles. The third-order valence-corrected chi connectivity index (χ3v) is 2.53. The number of benzene rings is 1. The quantitative estimate of drug-likeness (QED) is 0.874. The summed E-state index contributed by atoms with van der Waals surface area (Å²) in [4.78, 5) is 11.5. The van der Waals surface area contributed by atoms with Crippen LogP contribution in [0.2, 0.25) is 0 Å². The molecule has 0 aliphatic carbocycles. The monoisotopic (exact) mass is 232 g/mol. The molecule has 0 fully saturated rings. The molecule has 2 rings (SSSR count).